The Morgan fingerprint density at radius 2 is 0.780 bits per heavy atom. The van der Waals surface area contributed by atoms with Crippen LogP contribution in [-0.2, 0) is 22.5 Å². The van der Waals surface area contributed by atoms with Crippen LogP contribution in [0.15, 0.2) is 109 Å². The second-order valence-corrected chi connectivity index (χ2v) is 8.93. The first-order valence-corrected chi connectivity index (χ1v) is 13.6. The molecule has 41 heavy (non-hydrogen) atoms. The maximum Gasteiger partial charge on any atom is 0.0971 e. The molecule has 0 saturated carbocycles. The standard InChI is InChI=1S/C16H10N2.C14H8O2.C2H8N2.Mn.2O/c1-3-7-13-11(5-1)12-6-2-4-8-14(12)16-15(13)17-9-10-18-16;15-13-11-7-3-1-5-9(11)10-6-2-4-8-12(10)14(13)16;3-1-2-4;;;/h1-10H;1-8H;1-4H2;;;. The van der Waals surface area contributed by atoms with Crippen LogP contribution < -0.4 is 11.5 Å². The Balaban J connectivity index is 0.000000155. The van der Waals surface area contributed by atoms with Gasteiger partial charge >= 0.3 is 22.5 Å². The summed E-state index contributed by atoms with van der Waals surface area (Å²) >= 11 is -1.44. The number of fused-ring (bicyclic) bond motifs is 9. The Hall–Kier alpha value is -4.66. The summed E-state index contributed by atoms with van der Waals surface area (Å²) in [6.07, 6.45) is 3.51. The van der Waals surface area contributed by atoms with Crippen LogP contribution >= 0.6 is 0 Å². The summed E-state index contributed by atoms with van der Waals surface area (Å²) < 4.78 is 16.8. The number of ketones is 2. The van der Waals surface area contributed by atoms with Crippen molar-refractivity contribution in [1.29, 1.82) is 0 Å². The van der Waals surface area contributed by atoms with Gasteiger partial charge in [0.1, 0.15) is 0 Å². The fraction of sp³-hybridized carbons (Fsp3) is 0.0625. The summed E-state index contributed by atoms with van der Waals surface area (Å²) in [6.45, 7) is 1.19. The minimum absolute atomic E-state index is 0.408. The van der Waals surface area contributed by atoms with Gasteiger partial charge in [0.25, 0.3) is 0 Å². The van der Waals surface area contributed by atoms with Crippen molar-refractivity contribution >= 4 is 44.1 Å². The number of carbonyl (C=O) groups excluding carboxylic acids is 2. The molecule has 0 atom stereocenters. The minimum atomic E-state index is -1.44. The zero-order valence-corrected chi connectivity index (χ0v) is 23.0. The van der Waals surface area contributed by atoms with Crippen molar-refractivity contribution in [2.24, 2.45) is 11.5 Å². The van der Waals surface area contributed by atoms with Crippen LogP contribution in [-0.4, -0.2) is 34.6 Å². The number of hydrogen-bond donors (Lipinski definition) is 2. The van der Waals surface area contributed by atoms with Crippen molar-refractivity contribution in [3.63, 3.8) is 0 Å². The molecule has 0 spiro atoms. The van der Waals surface area contributed by atoms with Gasteiger partial charge in [0, 0.05) is 47.4 Å². The van der Waals surface area contributed by atoms with E-state index in [9.17, 15) is 9.59 Å². The molecule has 0 unspecified atom stereocenters. The molecule has 0 aliphatic heterocycles. The molecule has 0 fully saturated rings. The van der Waals surface area contributed by atoms with E-state index in [2.05, 4.69) is 46.4 Å². The van der Waals surface area contributed by atoms with Gasteiger partial charge in [-0.3, -0.25) is 19.6 Å². The maximum absolute atomic E-state index is 11.8. The van der Waals surface area contributed by atoms with Crippen molar-refractivity contribution in [1.82, 2.24) is 9.97 Å². The number of rotatable bonds is 1. The van der Waals surface area contributed by atoms with Crippen molar-refractivity contribution in [3.8, 4) is 11.1 Å². The number of Topliss-reactive ketones (excluding diaryl/α,β-unsaturated/α-hetero) is 2. The third kappa shape index (κ3) is 6.24. The minimum Gasteiger partial charge on any atom is -0.252 e. The van der Waals surface area contributed by atoms with Gasteiger partial charge in [0.05, 0.1) is 11.0 Å². The van der Waals surface area contributed by atoms with E-state index in [1.807, 2.05) is 36.4 Å². The number of benzene rings is 5. The van der Waals surface area contributed by atoms with E-state index >= 15 is 0 Å². The molecule has 0 radical (unpaired) electrons. The van der Waals surface area contributed by atoms with Gasteiger partial charge in [0.15, 0.2) is 0 Å². The Morgan fingerprint density at radius 1 is 0.488 bits per heavy atom. The van der Waals surface area contributed by atoms with Gasteiger partial charge < -0.3 is 11.5 Å². The number of nitrogens with two attached hydrogens (primary N) is 2. The van der Waals surface area contributed by atoms with E-state index in [1.165, 1.54) is 21.5 Å². The molecule has 0 amide bonds. The molecular weight excluding hydrogens is 559 g/mol. The van der Waals surface area contributed by atoms with Crippen molar-refractivity contribution < 1.29 is 32.1 Å². The second kappa shape index (κ2) is 14.1. The molecule has 1 aliphatic rings. The predicted molar refractivity (Wildman–Crippen MR) is 155 cm³/mol. The molecule has 8 nitrogen and oxygen atoms in total. The van der Waals surface area contributed by atoms with E-state index in [4.69, 9.17) is 19.1 Å². The van der Waals surface area contributed by atoms with E-state index < -0.39 is 26.4 Å². The smallest absolute Gasteiger partial charge is 0.0971 e. The number of carbonyl (C=O) groups is 2. The van der Waals surface area contributed by atoms with Gasteiger partial charge in [-0.2, -0.15) is 0 Å². The molecule has 1 heterocycles. The average Bonchev–Trinajstić information content (AvgIpc) is 3.04. The van der Waals surface area contributed by atoms with Crippen LogP contribution in [0.4, 0.5) is 0 Å². The quantitative estimate of drug-likeness (QED) is 0.150. The second-order valence-electron chi connectivity index (χ2n) is 8.73. The Kier molecular flexibility index (Phi) is 10.1. The number of aromatic nitrogens is 2. The Labute approximate surface area is 242 Å². The zero-order valence-electron chi connectivity index (χ0n) is 21.9. The number of hydrogen-bond acceptors (Lipinski definition) is 8. The van der Waals surface area contributed by atoms with Gasteiger partial charge in [-0.25, -0.2) is 0 Å². The Morgan fingerprint density at radius 3 is 1.12 bits per heavy atom. The molecule has 4 N–H and O–H groups in total. The zero-order chi connectivity index (χ0) is 29.2. The maximum atomic E-state index is 11.8. The fourth-order valence-corrected chi connectivity index (χ4v) is 4.66. The molecule has 9 heteroatoms. The van der Waals surface area contributed by atoms with E-state index in [0.29, 0.717) is 24.2 Å². The van der Waals surface area contributed by atoms with E-state index in [1.54, 1.807) is 36.7 Å². The summed E-state index contributed by atoms with van der Waals surface area (Å²) in [5.74, 6) is -0.816. The first-order chi connectivity index (χ1) is 20.1. The summed E-state index contributed by atoms with van der Waals surface area (Å²) in [5.41, 5.74) is 14.5. The Bertz CT molecular complexity index is 1620. The van der Waals surface area contributed by atoms with Crippen LogP contribution in [0.5, 0.6) is 0 Å². The van der Waals surface area contributed by atoms with Gasteiger partial charge in [-0.05, 0) is 21.9 Å². The van der Waals surface area contributed by atoms with E-state index in [-0.39, 0.29) is 0 Å². The normalized spacial score (nSPS) is 11.2. The summed E-state index contributed by atoms with van der Waals surface area (Å²) in [4.78, 5) is 32.7. The van der Waals surface area contributed by atoms with E-state index in [0.717, 1.165) is 22.2 Å². The first kappa shape index (κ1) is 29.3. The SMILES string of the molecule is NCCN.O=C1C(=O)c2ccccc2-c2ccccc21.[O]=[Mn]=[O].c1ccc2c(c1)c1ccccc1c1nccnc21. The molecule has 205 valence electrons. The largest absolute Gasteiger partial charge is 0.252 e. The summed E-state index contributed by atoms with van der Waals surface area (Å²) in [5, 5.41) is 4.81. The van der Waals surface area contributed by atoms with Crippen LogP contribution in [0.25, 0.3) is 43.7 Å². The molecule has 7 rings (SSSR count). The third-order valence-electron chi connectivity index (χ3n) is 6.36. The molecule has 0 bridgehead atoms. The van der Waals surface area contributed by atoms with Crippen molar-refractivity contribution in [2.75, 3.05) is 13.1 Å². The summed E-state index contributed by atoms with van der Waals surface area (Å²) in [6, 6.07) is 31.2. The topological polar surface area (TPSA) is 146 Å². The van der Waals surface area contributed by atoms with Crippen molar-refractivity contribution in [3.05, 3.63) is 121 Å². The van der Waals surface area contributed by atoms with Crippen molar-refractivity contribution in [2.45, 2.75) is 0 Å². The number of nitrogens with zero attached hydrogens (tertiary/aromatic N) is 2. The molecule has 1 aromatic heterocycles. The van der Waals surface area contributed by atoms with Gasteiger partial charge in [-0.1, -0.05) is 97.1 Å². The van der Waals surface area contributed by atoms with Gasteiger partial charge in [-0.15, -0.1) is 0 Å². The third-order valence-corrected chi connectivity index (χ3v) is 6.36. The predicted octanol–water partition coefficient (Wildman–Crippen LogP) is 5.33. The van der Waals surface area contributed by atoms with Crippen LogP contribution in [0.1, 0.15) is 20.7 Å². The molecule has 1 aliphatic carbocycles. The monoisotopic (exact) mass is 585 g/mol. The van der Waals surface area contributed by atoms with Gasteiger partial charge in [0.2, 0.25) is 11.6 Å². The fourth-order valence-electron chi connectivity index (χ4n) is 4.66. The van der Waals surface area contributed by atoms with Crippen LogP contribution in [0.2, 0.25) is 0 Å². The molecule has 5 aromatic carbocycles. The molecule has 6 aromatic rings. The summed E-state index contributed by atoms with van der Waals surface area (Å²) in [7, 11) is 0. The molecule has 0 saturated heterocycles. The van der Waals surface area contributed by atoms with Crippen LogP contribution in [0, 0.1) is 0 Å². The molecular formula is C32H26MnN4O4. The average molecular weight is 586 g/mol. The van der Waals surface area contributed by atoms with Crippen LogP contribution in [0.3, 0.4) is 0 Å². The first-order valence-electron chi connectivity index (χ1n) is 12.6.